The van der Waals surface area contributed by atoms with Gasteiger partial charge >= 0.3 is 7.60 Å². The van der Waals surface area contributed by atoms with E-state index in [9.17, 15) is 19.1 Å². The van der Waals surface area contributed by atoms with E-state index in [-0.39, 0.29) is 17.1 Å². The van der Waals surface area contributed by atoms with Gasteiger partial charge in [-0.1, -0.05) is 84.6 Å². The van der Waals surface area contributed by atoms with Crippen molar-refractivity contribution < 1.29 is 19.1 Å². The highest BCUT2D eigenvalue weighted by atomic mass is 31.2. The van der Waals surface area contributed by atoms with Gasteiger partial charge in [-0.3, -0.25) is 9.36 Å². The van der Waals surface area contributed by atoms with Gasteiger partial charge in [0.25, 0.3) is 0 Å². The van der Waals surface area contributed by atoms with Crippen LogP contribution in [0.3, 0.4) is 0 Å². The molecule has 3 N–H and O–H groups in total. The molecule has 9 heteroatoms. The Bertz CT molecular complexity index is 1070. The average Bonchev–Trinajstić information content (AvgIpc) is 2.95. The lowest BCUT2D eigenvalue weighted by atomic mass is 10.1. The van der Waals surface area contributed by atoms with Gasteiger partial charge in [0.1, 0.15) is 0 Å². The molecule has 0 radical (unpaired) electrons. The van der Waals surface area contributed by atoms with E-state index in [0.717, 1.165) is 31.6 Å². The van der Waals surface area contributed by atoms with Gasteiger partial charge in [0.05, 0.1) is 16.7 Å². The second-order valence-electron chi connectivity index (χ2n) is 10.5. The molecule has 0 aliphatic carbocycles. The quantitative estimate of drug-likeness (QED) is 0.0851. The molecule has 0 bridgehead atoms. The first-order valence-corrected chi connectivity index (χ1v) is 16.6. The van der Waals surface area contributed by atoms with E-state index in [0.29, 0.717) is 17.9 Å². The normalized spacial score (nSPS) is 12.5. The maximum Gasteiger partial charge on any atom is 0.356 e. The van der Waals surface area contributed by atoms with Gasteiger partial charge in [-0.25, -0.2) is 0 Å². The Labute approximate surface area is 240 Å². The third-order valence-electron chi connectivity index (χ3n) is 7.18. The molecule has 0 unspecified atom stereocenters. The standard InChI is InChI=1S/C31H49N4O4P/c1-4-6-7-8-9-10-11-12-13-14-23-35(24-22-32-31(36)26(3)5-2)29-20-18-27(19-21-29)33-34-28-16-15-17-30(25-28)40(37,38)39/h15-21,25-26H,4-14,22-24H2,1-3H3,(H,32,36)(H2,37,38,39)/t26-/m0/s1. The Morgan fingerprint density at radius 1 is 0.850 bits per heavy atom. The molecule has 0 saturated heterocycles. The van der Waals surface area contributed by atoms with Crippen LogP contribution in [0.2, 0.25) is 0 Å². The lowest BCUT2D eigenvalue weighted by Gasteiger charge is -2.25. The minimum atomic E-state index is -4.34. The van der Waals surface area contributed by atoms with Gasteiger partial charge in [-0.2, -0.15) is 10.2 Å². The van der Waals surface area contributed by atoms with Crippen LogP contribution in [-0.2, 0) is 9.36 Å². The number of benzene rings is 2. The molecule has 0 aliphatic rings. The van der Waals surface area contributed by atoms with Crippen LogP contribution in [0.15, 0.2) is 58.8 Å². The number of azo groups is 1. The van der Waals surface area contributed by atoms with Crippen molar-refractivity contribution in [3.63, 3.8) is 0 Å². The summed E-state index contributed by atoms with van der Waals surface area (Å²) in [6.45, 7) is 8.48. The molecule has 0 heterocycles. The van der Waals surface area contributed by atoms with Crippen molar-refractivity contribution in [1.29, 1.82) is 0 Å². The van der Waals surface area contributed by atoms with E-state index in [4.69, 9.17) is 0 Å². The third-order valence-corrected chi connectivity index (χ3v) is 8.14. The smallest absolute Gasteiger partial charge is 0.356 e. The summed E-state index contributed by atoms with van der Waals surface area (Å²) in [6.07, 6.45) is 13.7. The molecular weight excluding hydrogens is 523 g/mol. The van der Waals surface area contributed by atoms with Crippen molar-refractivity contribution >= 4 is 35.9 Å². The van der Waals surface area contributed by atoms with Gasteiger partial charge in [0.15, 0.2) is 0 Å². The van der Waals surface area contributed by atoms with Crippen LogP contribution in [0.5, 0.6) is 0 Å². The predicted octanol–water partition coefficient (Wildman–Crippen LogP) is 7.79. The predicted molar refractivity (Wildman–Crippen MR) is 165 cm³/mol. The van der Waals surface area contributed by atoms with Crippen LogP contribution >= 0.6 is 7.60 Å². The van der Waals surface area contributed by atoms with Gasteiger partial charge < -0.3 is 20.0 Å². The summed E-state index contributed by atoms with van der Waals surface area (Å²) in [4.78, 5) is 33.3. The van der Waals surface area contributed by atoms with Crippen molar-refractivity contribution in [1.82, 2.24) is 5.32 Å². The fourth-order valence-corrected chi connectivity index (χ4v) is 5.00. The number of nitrogens with zero attached hydrogens (tertiary/aromatic N) is 3. The van der Waals surface area contributed by atoms with E-state index in [1.165, 1.54) is 69.9 Å². The van der Waals surface area contributed by atoms with Crippen molar-refractivity contribution in [2.75, 3.05) is 24.5 Å². The van der Waals surface area contributed by atoms with Crippen molar-refractivity contribution in [2.45, 2.75) is 91.4 Å². The van der Waals surface area contributed by atoms with E-state index in [1.54, 1.807) is 12.1 Å². The van der Waals surface area contributed by atoms with Gasteiger partial charge in [-0.15, -0.1) is 0 Å². The number of nitrogens with one attached hydrogen (secondary N) is 1. The number of amides is 1. The summed E-state index contributed by atoms with van der Waals surface area (Å²) in [5.74, 6) is 0.113. The van der Waals surface area contributed by atoms with E-state index < -0.39 is 7.60 Å². The molecular formula is C31H49N4O4P. The molecule has 1 amide bonds. The molecule has 0 aromatic heterocycles. The van der Waals surface area contributed by atoms with Gasteiger partial charge in [0.2, 0.25) is 5.91 Å². The molecule has 0 aliphatic heterocycles. The van der Waals surface area contributed by atoms with Gasteiger partial charge in [-0.05, 0) is 55.3 Å². The maximum absolute atomic E-state index is 12.2. The summed E-state index contributed by atoms with van der Waals surface area (Å²) in [6, 6.07) is 13.7. The van der Waals surface area contributed by atoms with Crippen molar-refractivity contribution in [3.8, 4) is 0 Å². The third kappa shape index (κ3) is 13.2. The minimum absolute atomic E-state index is 0.0162. The van der Waals surface area contributed by atoms with Crippen LogP contribution in [0, 0.1) is 5.92 Å². The lowest BCUT2D eigenvalue weighted by Crippen LogP contribution is -2.37. The molecule has 40 heavy (non-hydrogen) atoms. The number of anilines is 1. The number of rotatable bonds is 20. The fourth-order valence-electron chi connectivity index (χ4n) is 4.42. The average molecular weight is 573 g/mol. The molecule has 2 aromatic rings. The van der Waals surface area contributed by atoms with Crippen LogP contribution in [0.25, 0.3) is 0 Å². The number of unbranched alkanes of at least 4 members (excludes halogenated alkanes) is 9. The minimum Gasteiger partial charge on any atom is -0.370 e. The molecule has 2 rings (SSSR count). The largest absolute Gasteiger partial charge is 0.370 e. The fraction of sp³-hybridized carbons (Fsp3) is 0.581. The summed E-state index contributed by atoms with van der Waals surface area (Å²) in [5, 5.41) is 11.4. The summed E-state index contributed by atoms with van der Waals surface area (Å²) in [7, 11) is -4.34. The topological polar surface area (TPSA) is 115 Å². The second-order valence-corrected chi connectivity index (χ2v) is 12.2. The first-order chi connectivity index (χ1) is 19.2. The lowest BCUT2D eigenvalue weighted by molar-refractivity contribution is -0.124. The molecule has 222 valence electrons. The summed E-state index contributed by atoms with van der Waals surface area (Å²) >= 11 is 0. The zero-order valence-corrected chi connectivity index (χ0v) is 25.5. The number of hydrogen-bond donors (Lipinski definition) is 3. The number of hydrogen-bond acceptors (Lipinski definition) is 5. The zero-order valence-electron chi connectivity index (χ0n) is 24.6. The van der Waals surface area contributed by atoms with Crippen molar-refractivity contribution in [2.24, 2.45) is 16.1 Å². The Hall–Kier alpha value is -2.54. The summed E-state index contributed by atoms with van der Waals surface area (Å²) < 4.78 is 11.5. The Morgan fingerprint density at radius 2 is 1.45 bits per heavy atom. The highest BCUT2D eigenvalue weighted by Crippen LogP contribution is 2.34. The number of carbonyl (C=O) groups is 1. The van der Waals surface area contributed by atoms with E-state index >= 15 is 0 Å². The second kappa shape index (κ2) is 18.7. The highest BCUT2D eigenvalue weighted by Gasteiger charge is 2.17. The Morgan fingerprint density at radius 3 is 2.05 bits per heavy atom. The molecule has 2 aromatic carbocycles. The monoisotopic (exact) mass is 572 g/mol. The molecule has 0 fully saturated rings. The number of carbonyl (C=O) groups excluding carboxylic acids is 1. The Balaban J connectivity index is 1.93. The van der Waals surface area contributed by atoms with Crippen molar-refractivity contribution in [3.05, 3.63) is 48.5 Å². The molecule has 8 nitrogen and oxygen atoms in total. The van der Waals surface area contributed by atoms with Crippen LogP contribution in [0.4, 0.5) is 17.1 Å². The SMILES string of the molecule is CCCCCCCCCCCCN(CCNC(=O)[C@@H](C)CC)c1ccc(N=Nc2cccc(P(=O)(O)O)c2)cc1. The molecule has 1 atom stereocenters. The molecule has 0 saturated carbocycles. The van der Waals surface area contributed by atoms with Crippen LogP contribution < -0.4 is 15.5 Å². The van der Waals surface area contributed by atoms with Crippen LogP contribution in [0.1, 0.15) is 91.4 Å². The zero-order chi connectivity index (χ0) is 29.2. The Kier molecular flexibility index (Phi) is 15.8. The van der Waals surface area contributed by atoms with Gasteiger partial charge in [0, 0.05) is 31.2 Å². The first kappa shape index (κ1) is 33.7. The van der Waals surface area contributed by atoms with E-state index in [2.05, 4.69) is 27.4 Å². The first-order valence-electron chi connectivity index (χ1n) is 14.9. The van der Waals surface area contributed by atoms with Crippen LogP contribution in [-0.4, -0.2) is 35.3 Å². The molecule has 0 spiro atoms. The van der Waals surface area contributed by atoms with E-state index in [1.807, 2.05) is 38.1 Å². The maximum atomic E-state index is 12.2. The highest BCUT2D eigenvalue weighted by molar-refractivity contribution is 7.60. The summed E-state index contributed by atoms with van der Waals surface area (Å²) in [5.41, 5.74) is 2.09.